The topological polar surface area (TPSA) is 115 Å². The normalized spacial score (nSPS) is 10.6. The van der Waals surface area contributed by atoms with Crippen LogP contribution in [0, 0.1) is 23.3 Å². The largest absolute Gasteiger partial charge is 0.424 e. The maximum absolute atomic E-state index is 13.6. The van der Waals surface area contributed by atoms with Crippen LogP contribution >= 0.6 is 0 Å². The second kappa shape index (κ2) is 9.40. The minimum absolute atomic E-state index is 0.0442. The van der Waals surface area contributed by atoms with Crippen LogP contribution in [0.15, 0.2) is 61.1 Å². The van der Waals surface area contributed by atoms with Gasteiger partial charge in [-0.25, -0.2) is 37.3 Å². The SMILES string of the molecule is Nc1ncc(F)cc1-c1ccc(Oc2ncc(NC(=O)Nc3cc(F)c(F)cc3F)cn2)cc1. The van der Waals surface area contributed by atoms with Gasteiger partial charge in [0.2, 0.25) is 0 Å². The summed E-state index contributed by atoms with van der Waals surface area (Å²) in [6, 6.07) is 7.63. The molecule has 4 N–H and O–H groups in total. The Morgan fingerprint density at radius 1 is 0.824 bits per heavy atom. The zero-order chi connectivity index (χ0) is 24.2. The molecule has 2 aromatic carbocycles. The monoisotopic (exact) mass is 470 g/mol. The fourth-order valence-electron chi connectivity index (χ4n) is 2.83. The number of anilines is 3. The maximum atomic E-state index is 13.6. The van der Waals surface area contributed by atoms with Gasteiger partial charge in [-0.1, -0.05) is 12.1 Å². The number of nitrogen functional groups attached to an aromatic ring is 1. The number of hydrogen-bond acceptors (Lipinski definition) is 6. The van der Waals surface area contributed by atoms with E-state index >= 15 is 0 Å². The van der Waals surface area contributed by atoms with E-state index in [-0.39, 0.29) is 17.5 Å². The summed E-state index contributed by atoms with van der Waals surface area (Å²) in [6.45, 7) is 0. The van der Waals surface area contributed by atoms with Crippen molar-refractivity contribution in [1.29, 1.82) is 0 Å². The molecule has 2 aromatic heterocycles. The number of rotatable bonds is 5. The van der Waals surface area contributed by atoms with E-state index in [1.165, 1.54) is 18.5 Å². The molecule has 0 bridgehead atoms. The summed E-state index contributed by atoms with van der Waals surface area (Å²) in [7, 11) is 0. The molecule has 0 aliphatic rings. The molecule has 0 saturated heterocycles. The number of carbonyl (C=O) groups excluding carboxylic acids is 1. The highest BCUT2D eigenvalue weighted by atomic mass is 19.2. The lowest BCUT2D eigenvalue weighted by Gasteiger charge is -2.09. The lowest BCUT2D eigenvalue weighted by Crippen LogP contribution is -2.20. The van der Waals surface area contributed by atoms with Crippen molar-refractivity contribution in [2.24, 2.45) is 0 Å². The molecular formula is C22H14F4N6O2. The van der Waals surface area contributed by atoms with Gasteiger partial charge in [-0.3, -0.25) is 0 Å². The fourth-order valence-corrected chi connectivity index (χ4v) is 2.83. The van der Waals surface area contributed by atoms with Crippen LogP contribution in [-0.4, -0.2) is 21.0 Å². The summed E-state index contributed by atoms with van der Waals surface area (Å²) in [5, 5.41) is 4.37. The first kappa shape index (κ1) is 22.5. The number of nitrogens with two attached hydrogens (primary N) is 1. The molecule has 0 unspecified atom stereocenters. The maximum Gasteiger partial charge on any atom is 0.323 e. The van der Waals surface area contributed by atoms with E-state index in [2.05, 4.69) is 25.6 Å². The van der Waals surface area contributed by atoms with Gasteiger partial charge in [0.15, 0.2) is 11.6 Å². The van der Waals surface area contributed by atoms with Crippen LogP contribution in [0.2, 0.25) is 0 Å². The Balaban J connectivity index is 1.38. The molecule has 172 valence electrons. The molecule has 12 heteroatoms. The van der Waals surface area contributed by atoms with E-state index in [1.54, 1.807) is 24.3 Å². The molecule has 0 radical (unpaired) electrons. The number of urea groups is 1. The Kier molecular flexibility index (Phi) is 6.21. The first-order chi connectivity index (χ1) is 16.3. The molecule has 2 heterocycles. The molecule has 0 aliphatic heterocycles. The Bertz CT molecular complexity index is 1350. The van der Waals surface area contributed by atoms with Gasteiger partial charge in [0.25, 0.3) is 0 Å². The first-order valence-corrected chi connectivity index (χ1v) is 9.52. The van der Waals surface area contributed by atoms with Gasteiger partial charge in [-0.2, -0.15) is 0 Å². The molecular weight excluding hydrogens is 456 g/mol. The van der Waals surface area contributed by atoms with E-state index in [0.717, 1.165) is 6.20 Å². The quantitative estimate of drug-likeness (QED) is 0.276. The molecule has 0 atom stereocenters. The van der Waals surface area contributed by atoms with Crippen molar-refractivity contribution in [2.75, 3.05) is 16.4 Å². The van der Waals surface area contributed by atoms with Crippen LogP contribution in [0.3, 0.4) is 0 Å². The molecule has 0 fully saturated rings. The average molecular weight is 470 g/mol. The van der Waals surface area contributed by atoms with Gasteiger partial charge in [0.05, 0.1) is 30.0 Å². The van der Waals surface area contributed by atoms with Crippen LogP contribution < -0.4 is 21.1 Å². The van der Waals surface area contributed by atoms with Crippen LogP contribution in [0.4, 0.5) is 39.5 Å². The first-order valence-electron chi connectivity index (χ1n) is 9.52. The summed E-state index contributed by atoms with van der Waals surface area (Å²) in [6.07, 6.45) is 3.46. The van der Waals surface area contributed by atoms with Gasteiger partial charge in [-0.05, 0) is 23.8 Å². The Morgan fingerprint density at radius 3 is 2.21 bits per heavy atom. The van der Waals surface area contributed by atoms with Crippen molar-refractivity contribution < 1.29 is 27.1 Å². The number of amides is 2. The third kappa shape index (κ3) is 5.18. The molecule has 4 rings (SSSR count). The number of pyridine rings is 1. The number of benzene rings is 2. The van der Waals surface area contributed by atoms with Crippen molar-refractivity contribution in [3.05, 3.63) is 84.3 Å². The number of carbonyl (C=O) groups is 1. The number of nitrogens with zero attached hydrogens (tertiary/aromatic N) is 3. The molecule has 2 amide bonds. The van der Waals surface area contributed by atoms with Gasteiger partial charge in [0, 0.05) is 17.7 Å². The number of hydrogen-bond donors (Lipinski definition) is 3. The highest BCUT2D eigenvalue weighted by Crippen LogP contribution is 2.28. The van der Waals surface area contributed by atoms with Crippen LogP contribution in [-0.2, 0) is 0 Å². The minimum Gasteiger partial charge on any atom is -0.424 e. The predicted octanol–water partition coefficient (Wildman–Crippen LogP) is 5.11. The van der Waals surface area contributed by atoms with E-state index in [4.69, 9.17) is 10.5 Å². The smallest absolute Gasteiger partial charge is 0.323 e. The van der Waals surface area contributed by atoms with Crippen LogP contribution in [0.25, 0.3) is 11.1 Å². The summed E-state index contributed by atoms with van der Waals surface area (Å²) in [5.41, 5.74) is 6.41. The van der Waals surface area contributed by atoms with Crippen molar-refractivity contribution >= 4 is 23.2 Å². The van der Waals surface area contributed by atoms with E-state index < -0.39 is 35.0 Å². The van der Waals surface area contributed by atoms with Crippen molar-refractivity contribution in [2.45, 2.75) is 0 Å². The van der Waals surface area contributed by atoms with Crippen molar-refractivity contribution in [1.82, 2.24) is 15.0 Å². The Labute approximate surface area is 189 Å². The minimum atomic E-state index is -1.38. The Hall–Kier alpha value is -4.74. The van der Waals surface area contributed by atoms with Gasteiger partial charge in [0.1, 0.15) is 23.2 Å². The third-order valence-corrected chi connectivity index (χ3v) is 4.40. The van der Waals surface area contributed by atoms with E-state index in [0.29, 0.717) is 29.0 Å². The van der Waals surface area contributed by atoms with Gasteiger partial charge in [-0.15, -0.1) is 0 Å². The number of aromatic nitrogens is 3. The number of nitrogens with one attached hydrogen (secondary N) is 2. The van der Waals surface area contributed by atoms with Crippen LogP contribution in [0.1, 0.15) is 0 Å². The summed E-state index contributed by atoms with van der Waals surface area (Å²) >= 11 is 0. The zero-order valence-corrected chi connectivity index (χ0v) is 17.0. The molecule has 0 aliphatic carbocycles. The van der Waals surface area contributed by atoms with E-state index in [1.807, 2.05) is 0 Å². The summed E-state index contributed by atoms with van der Waals surface area (Å²) in [5.74, 6) is -3.80. The second-order valence-electron chi connectivity index (χ2n) is 6.79. The molecule has 8 nitrogen and oxygen atoms in total. The summed E-state index contributed by atoms with van der Waals surface area (Å²) in [4.78, 5) is 23.6. The predicted molar refractivity (Wildman–Crippen MR) is 115 cm³/mol. The van der Waals surface area contributed by atoms with Crippen molar-refractivity contribution in [3.63, 3.8) is 0 Å². The Morgan fingerprint density at radius 2 is 1.50 bits per heavy atom. The van der Waals surface area contributed by atoms with E-state index in [9.17, 15) is 22.4 Å². The molecule has 4 aromatic rings. The van der Waals surface area contributed by atoms with Crippen molar-refractivity contribution in [3.8, 4) is 22.9 Å². The fraction of sp³-hybridized carbons (Fsp3) is 0. The third-order valence-electron chi connectivity index (χ3n) is 4.40. The molecule has 34 heavy (non-hydrogen) atoms. The standard InChI is InChI=1S/C22H14F4N6O2/c23-12-5-15(20(27)28-8-12)11-1-3-14(4-2-11)34-22-29-9-13(10-30-22)31-21(33)32-19-7-17(25)16(24)6-18(19)26/h1-10H,(H2,27,28)(H2,31,32,33). The molecule has 0 saturated carbocycles. The summed E-state index contributed by atoms with van der Waals surface area (Å²) < 4.78 is 58.8. The zero-order valence-electron chi connectivity index (χ0n) is 17.0. The van der Waals surface area contributed by atoms with Gasteiger partial charge < -0.3 is 21.1 Å². The van der Waals surface area contributed by atoms with Crippen LogP contribution in [0.5, 0.6) is 11.8 Å². The highest BCUT2D eigenvalue weighted by molar-refractivity contribution is 5.99. The lowest BCUT2D eigenvalue weighted by molar-refractivity contribution is 0.262. The average Bonchev–Trinajstić information content (AvgIpc) is 2.81. The second-order valence-corrected chi connectivity index (χ2v) is 6.79. The number of halogens is 4. The lowest BCUT2D eigenvalue weighted by atomic mass is 10.1. The number of ether oxygens (including phenoxy) is 1. The van der Waals surface area contributed by atoms with Gasteiger partial charge >= 0.3 is 12.0 Å². The molecule has 0 spiro atoms. The highest BCUT2D eigenvalue weighted by Gasteiger charge is 2.13.